The third-order valence-electron chi connectivity index (χ3n) is 4.06. The van der Waals surface area contributed by atoms with Crippen LogP contribution in [0.3, 0.4) is 0 Å². The van der Waals surface area contributed by atoms with Crippen LogP contribution in [0.4, 0.5) is 5.69 Å². The zero-order valence-corrected chi connectivity index (χ0v) is 16.7. The van der Waals surface area contributed by atoms with Crippen LogP contribution in [0, 0.1) is 0 Å². The molecule has 2 rings (SSSR count). The summed E-state index contributed by atoms with van der Waals surface area (Å²) >= 11 is 0. The minimum Gasteiger partial charge on any atom is -0.452 e. The van der Waals surface area contributed by atoms with Gasteiger partial charge < -0.3 is 10.1 Å². The number of ether oxygens (including phenoxy) is 1. The minimum absolute atomic E-state index is 0.0488. The molecule has 0 radical (unpaired) electrons. The van der Waals surface area contributed by atoms with Crippen LogP contribution in [0.25, 0.3) is 0 Å². The Morgan fingerprint density at radius 1 is 1.04 bits per heavy atom. The highest BCUT2D eigenvalue weighted by Gasteiger charge is 2.21. The summed E-state index contributed by atoms with van der Waals surface area (Å²) in [7, 11) is -2.29. The molecule has 150 valence electrons. The molecule has 0 bridgehead atoms. The monoisotopic (exact) mass is 404 g/mol. The molecule has 0 heterocycles. The average molecular weight is 404 g/mol. The van der Waals surface area contributed by atoms with Gasteiger partial charge in [0.15, 0.2) is 6.61 Å². The largest absolute Gasteiger partial charge is 0.452 e. The Balaban J connectivity index is 2.00. The Bertz CT molecular complexity index is 896. The van der Waals surface area contributed by atoms with Crippen LogP contribution in [0.1, 0.15) is 30.1 Å². The van der Waals surface area contributed by atoms with E-state index >= 15 is 0 Å². The molecular weight excluding hydrogens is 380 g/mol. The number of esters is 1. The number of unbranched alkanes of at least 4 members (excludes halogenated alkanes) is 1. The van der Waals surface area contributed by atoms with Crippen LogP contribution in [0.15, 0.2) is 59.5 Å². The van der Waals surface area contributed by atoms with E-state index < -0.39 is 16.0 Å². The van der Waals surface area contributed by atoms with Crippen molar-refractivity contribution >= 4 is 27.6 Å². The Morgan fingerprint density at radius 3 is 2.29 bits per heavy atom. The van der Waals surface area contributed by atoms with E-state index in [4.69, 9.17) is 4.74 Å². The number of sulfonamides is 1. The first-order valence-electron chi connectivity index (χ1n) is 8.94. The maximum atomic E-state index is 12.7. The summed E-state index contributed by atoms with van der Waals surface area (Å²) in [5.41, 5.74) is 0.697. The number of hydrogen-bond acceptors (Lipinski definition) is 5. The van der Waals surface area contributed by atoms with Gasteiger partial charge in [0.05, 0.1) is 16.1 Å². The van der Waals surface area contributed by atoms with E-state index in [1.54, 1.807) is 30.3 Å². The van der Waals surface area contributed by atoms with Crippen LogP contribution in [-0.4, -0.2) is 40.5 Å². The van der Waals surface area contributed by atoms with E-state index in [-0.39, 0.29) is 23.0 Å². The minimum atomic E-state index is -3.76. The highest BCUT2D eigenvalue weighted by Crippen LogP contribution is 2.22. The van der Waals surface area contributed by atoms with Crippen LogP contribution < -0.4 is 9.62 Å². The SMILES string of the molecule is CCCCNC(=O)COC(=O)c1ccc(S(=O)(=O)N(C)c2ccccc2)cc1. The zero-order valence-electron chi connectivity index (χ0n) is 15.9. The normalized spacial score (nSPS) is 10.9. The van der Waals surface area contributed by atoms with Gasteiger partial charge in [0.2, 0.25) is 0 Å². The second-order valence-electron chi connectivity index (χ2n) is 6.11. The second kappa shape index (κ2) is 9.89. The van der Waals surface area contributed by atoms with E-state index in [9.17, 15) is 18.0 Å². The average Bonchev–Trinajstić information content (AvgIpc) is 2.72. The molecular formula is C20H24N2O5S. The fraction of sp³-hybridized carbons (Fsp3) is 0.300. The molecule has 8 heteroatoms. The highest BCUT2D eigenvalue weighted by molar-refractivity contribution is 7.92. The molecule has 28 heavy (non-hydrogen) atoms. The van der Waals surface area contributed by atoms with E-state index in [1.807, 2.05) is 6.92 Å². The molecule has 0 saturated heterocycles. The lowest BCUT2D eigenvalue weighted by atomic mass is 10.2. The predicted octanol–water partition coefficient (Wildman–Crippen LogP) is 2.58. The number of nitrogens with zero attached hydrogens (tertiary/aromatic N) is 1. The highest BCUT2D eigenvalue weighted by atomic mass is 32.2. The number of anilines is 1. The summed E-state index contributed by atoms with van der Waals surface area (Å²) in [5, 5.41) is 2.65. The molecule has 0 saturated carbocycles. The third-order valence-corrected chi connectivity index (χ3v) is 5.85. The van der Waals surface area contributed by atoms with Gasteiger partial charge in [0, 0.05) is 13.6 Å². The van der Waals surface area contributed by atoms with Gasteiger partial charge in [0.25, 0.3) is 15.9 Å². The van der Waals surface area contributed by atoms with Crippen LogP contribution in [0.5, 0.6) is 0 Å². The smallest absolute Gasteiger partial charge is 0.338 e. The maximum Gasteiger partial charge on any atom is 0.338 e. The first-order chi connectivity index (χ1) is 13.4. The molecule has 0 spiro atoms. The Morgan fingerprint density at radius 2 is 1.68 bits per heavy atom. The van der Waals surface area contributed by atoms with Crippen LogP contribution >= 0.6 is 0 Å². The molecule has 1 N–H and O–H groups in total. The van der Waals surface area contributed by atoms with Crippen molar-refractivity contribution in [1.29, 1.82) is 0 Å². The molecule has 2 aromatic carbocycles. The van der Waals surface area contributed by atoms with Gasteiger partial charge in [-0.2, -0.15) is 0 Å². The molecule has 0 unspecified atom stereocenters. The summed E-state index contributed by atoms with van der Waals surface area (Å²) in [6, 6.07) is 14.1. The van der Waals surface area contributed by atoms with Crippen LogP contribution in [0.2, 0.25) is 0 Å². The van der Waals surface area contributed by atoms with Gasteiger partial charge >= 0.3 is 5.97 Å². The lowest BCUT2D eigenvalue weighted by Crippen LogP contribution is -2.29. The van der Waals surface area contributed by atoms with Crippen molar-refractivity contribution < 1.29 is 22.7 Å². The number of carbonyl (C=O) groups excluding carboxylic acids is 2. The van der Waals surface area contributed by atoms with Gasteiger partial charge in [-0.3, -0.25) is 9.10 Å². The van der Waals surface area contributed by atoms with Crippen molar-refractivity contribution in [3.63, 3.8) is 0 Å². The second-order valence-corrected chi connectivity index (χ2v) is 8.08. The quantitative estimate of drug-likeness (QED) is 0.512. The Kier molecular flexibility index (Phi) is 7.57. The molecule has 0 aromatic heterocycles. The number of carbonyl (C=O) groups is 2. The summed E-state index contributed by atoms with van der Waals surface area (Å²) in [6.07, 6.45) is 1.81. The van der Waals surface area contributed by atoms with E-state index in [2.05, 4.69) is 5.32 Å². The Labute approximate surface area is 165 Å². The summed E-state index contributed by atoms with van der Waals surface area (Å²) in [4.78, 5) is 23.7. The molecule has 0 aliphatic heterocycles. The van der Waals surface area contributed by atoms with E-state index in [0.717, 1.165) is 12.8 Å². The van der Waals surface area contributed by atoms with Crippen LogP contribution in [-0.2, 0) is 19.6 Å². The van der Waals surface area contributed by atoms with Crippen molar-refractivity contribution in [3.05, 3.63) is 60.2 Å². The number of nitrogens with one attached hydrogen (secondary N) is 1. The summed E-state index contributed by atoms with van der Waals surface area (Å²) in [5.74, 6) is -1.06. The first-order valence-corrected chi connectivity index (χ1v) is 10.4. The number of hydrogen-bond donors (Lipinski definition) is 1. The number of para-hydroxylation sites is 1. The van der Waals surface area contributed by atoms with Gasteiger partial charge in [-0.05, 0) is 42.8 Å². The molecule has 0 aliphatic rings. The van der Waals surface area contributed by atoms with Crippen molar-refractivity contribution in [2.24, 2.45) is 0 Å². The molecule has 2 aromatic rings. The first kappa shape index (κ1) is 21.4. The van der Waals surface area contributed by atoms with Gasteiger partial charge in [0.1, 0.15) is 0 Å². The predicted molar refractivity (Wildman–Crippen MR) is 107 cm³/mol. The fourth-order valence-corrected chi connectivity index (χ4v) is 3.56. The van der Waals surface area contributed by atoms with E-state index in [0.29, 0.717) is 12.2 Å². The Hall–Kier alpha value is -2.87. The van der Waals surface area contributed by atoms with Crippen molar-refractivity contribution in [3.8, 4) is 0 Å². The molecule has 0 atom stereocenters. The molecule has 0 aliphatic carbocycles. The van der Waals surface area contributed by atoms with Gasteiger partial charge in [-0.25, -0.2) is 13.2 Å². The van der Waals surface area contributed by atoms with E-state index in [1.165, 1.54) is 35.6 Å². The number of benzene rings is 2. The standard InChI is InChI=1S/C20H24N2O5S/c1-3-4-14-21-19(23)15-27-20(24)16-10-12-18(13-11-16)28(25,26)22(2)17-8-6-5-7-9-17/h5-13H,3-4,14-15H2,1-2H3,(H,21,23). The maximum absolute atomic E-state index is 12.7. The van der Waals surface area contributed by atoms with Crippen molar-refractivity contribution in [2.45, 2.75) is 24.7 Å². The fourth-order valence-electron chi connectivity index (χ4n) is 2.37. The topological polar surface area (TPSA) is 92.8 Å². The van der Waals surface area contributed by atoms with Gasteiger partial charge in [-0.15, -0.1) is 0 Å². The number of rotatable bonds is 9. The zero-order chi connectivity index (χ0) is 20.6. The van der Waals surface area contributed by atoms with Gasteiger partial charge in [-0.1, -0.05) is 31.5 Å². The molecule has 0 fully saturated rings. The lowest BCUT2D eigenvalue weighted by molar-refractivity contribution is -0.124. The lowest BCUT2D eigenvalue weighted by Gasteiger charge is -2.19. The molecule has 7 nitrogen and oxygen atoms in total. The third kappa shape index (κ3) is 5.56. The molecule has 1 amide bonds. The van der Waals surface area contributed by atoms with Crippen molar-refractivity contribution in [2.75, 3.05) is 24.5 Å². The summed E-state index contributed by atoms with van der Waals surface area (Å²) < 4.78 is 31.5. The number of amides is 1. The summed E-state index contributed by atoms with van der Waals surface area (Å²) in [6.45, 7) is 2.17. The van der Waals surface area contributed by atoms with Crippen molar-refractivity contribution in [1.82, 2.24) is 5.32 Å².